The van der Waals surface area contributed by atoms with E-state index < -0.39 is 0 Å². The van der Waals surface area contributed by atoms with Crippen molar-refractivity contribution < 1.29 is 4.74 Å². The van der Waals surface area contributed by atoms with E-state index in [0.29, 0.717) is 35.6 Å². The summed E-state index contributed by atoms with van der Waals surface area (Å²) in [5.41, 5.74) is 12.7. The van der Waals surface area contributed by atoms with Crippen LogP contribution in [0.4, 0.5) is 22.7 Å². The van der Waals surface area contributed by atoms with Crippen molar-refractivity contribution in [1.29, 1.82) is 0 Å². The van der Waals surface area contributed by atoms with Crippen LogP contribution in [0.25, 0.3) is 61.8 Å². The van der Waals surface area contributed by atoms with Crippen LogP contribution < -0.4 is 14.5 Å². The average molecular weight is 846 g/mol. The minimum atomic E-state index is 0.0730. The van der Waals surface area contributed by atoms with Gasteiger partial charge < -0.3 is 14.5 Å². The predicted molar refractivity (Wildman–Crippen MR) is 265 cm³/mol. The van der Waals surface area contributed by atoms with Gasteiger partial charge in [-0.3, -0.25) is 4.57 Å². The zero-order chi connectivity index (χ0) is 44.2. The summed E-state index contributed by atoms with van der Waals surface area (Å²) in [6.07, 6.45) is 1.83. The lowest BCUT2D eigenvalue weighted by Crippen LogP contribution is -2.24. The molecule has 1 aliphatic heterocycles. The molecule has 8 heteroatoms. The van der Waals surface area contributed by atoms with Gasteiger partial charge in [0, 0.05) is 51.6 Å². The summed E-state index contributed by atoms with van der Waals surface area (Å²) in [5.74, 6) is 3.77. The molecule has 0 spiro atoms. The van der Waals surface area contributed by atoms with Gasteiger partial charge in [-0.2, -0.15) is 0 Å². The van der Waals surface area contributed by atoms with Gasteiger partial charge in [-0.05, 0) is 85.5 Å². The lowest BCUT2D eigenvalue weighted by atomic mass is 9.87. The summed E-state index contributed by atoms with van der Waals surface area (Å²) < 4.78 is 9.35. The number of fused-ring (bicyclic) bond motifs is 4. The van der Waals surface area contributed by atoms with Crippen LogP contribution >= 0.6 is 0 Å². The molecule has 1 aliphatic rings. The zero-order valence-electron chi connectivity index (χ0n) is 37.1. The lowest BCUT2D eigenvalue weighted by molar-refractivity contribution is 0.484. The highest BCUT2D eigenvalue weighted by atomic mass is 16.5. The van der Waals surface area contributed by atoms with Crippen LogP contribution in [0.15, 0.2) is 182 Å². The third kappa shape index (κ3) is 7.42. The molecule has 10 aromatic rings. The number of hydrogen-bond acceptors (Lipinski definition) is 7. The highest BCUT2D eigenvalue weighted by Gasteiger charge is 2.29. The summed E-state index contributed by atoms with van der Waals surface area (Å²) in [6.45, 7) is 11.6. The summed E-state index contributed by atoms with van der Waals surface area (Å²) in [4.78, 5) is 25.0. The molecule has 0 bridgehead atoms. The Balaban J connectivity index is 1.07. The number of anilines is 4. The molecule has 11 rings (SSSR count). The summed E-state index contributed by atoms with van der Waals surface area (Å²) in [5, 5.41) is 2.11. The van der Waals surface area contributed by atoms with Crippen molar-refractivity contribution in [2.24, 2.45) is 0 Å². The van der Waals surface area contributed by atoms with Crippen molar-refractivity contribution in [3.8, 4) is 51.5 Å². The van der Waals surface area contributed by atoms with Gasteiger partial charge in [0.2, 0.25) is 0 Å². The number of ether oxygens (including phenoxy) is 1. The number of aryl methyl sites for hydroxylation is 2. The van der Waals surface area contributed by atoms with Gasteiger partial charge in [-0.25, -0.2) is 19.9 Å². The Kier molecular flexibility index (Phi) is 9.73. The summed E-state index contributed by atoms with van der Waals surface area (Å²) in [7, 11) is 0. The van der Waals surface area contributed by atoms with E-state index in [4.69, 9.17) is 24.7 Å². The first-order valence-corrected chi connectivity index (χ1v) is 22.1. The monoisotopic (exact) mass is 845 g/mol. The van der Waals surface area contributed by atoms with Crippen molar-refractivity contribution in [3.05, 3.63) is 199 Å². The Hall–Kier alpha value is -8.10. The molecule has 0 saturated carbocycles. The standard InChI is InChI=1S/C57H47N7O/c1-37-20-24-39(25-21-37)54-59-55(40-26-22-38(2)23-27-40)61-56(60-54)47-34-46-45-15-6-7-16-48(45)64(53-19-10-11-32-58-53)51(46)35-52(47)65-44-14-12-13-43(33-44)63-36-62(49-17-8-9-18-50(49)63)42-30-28-41(29-31-42)57(3,4)5/h6-35H,36H2,1-5H3. The van der Waals surface area contributed by atoms with E-state index in [2.05, 4.69) is 201 Å². The van der Waals surface area contributed by atoms with Crippen molar-refractivity contribution >= 4 is 44.6 Å². The third-order valence-corrected chi connectivity index (χ3v) is 12.3. The van der Waals surface area contributed by atoms with E-state index in [1.54, 1.807) is 0 Å². The Morgan fingerprint density at radius 2 is 1.12 bits per heavy atom. The van der Waals surface area contributed by atoms with Crippen LogP contribution in [0.5, 0.6) is 11.5 Å². The molecule has 0 radical (unpaired) electrons. The highest BCUT2D eigenvalue weighted by Crippen LogP contribution is 2.46. The molecule has 316 valence electrons. The van der Waals surface area contributed by atoms with Crippen LogP contribution in [0.3, 0.4) is 0 Å². The Morgan fingerprint density at radius 3 is 1.77 bits per heavy atom. The first-order chi connectivity index (χ1) is 31.6. The molecule has 8 nitrogen and oxygen atoms in total. The Labute approximate surface area is 379 Å². The maximum absolute atomic E-state index is 7.15. The average Bonchev–Trinajstić information content (AvgIpc) is 3.88. The second kappa shape index (κ2) is 15.9. The molecule has 0 saturated heterocycles. The van der Waals surface area contributed by atoms with Gasteiger partial charge in [0.1, 0.15) is 24.0 Å². The molecule has 0 amide bonds. The highest BCUT2D eigenvalue weighted by molar-refractivity contribution is 6.11. The predicted octanol–water partition coefficient (Wildman–Crippen LogP) is 14.3. The number of pyridine rings is 1. The fourth-order valence-electron chi connectivity index (χ4n) is 8.79. The van der Waals surface area contributed by atoms with Crippen LogP contribution in [0, 0.1) is 13.8 Å². The largest absolute Gasteiger partial charge is 0.456 e. The molecule has 0 fully saturated rings. The van der Waals surface area contributed by atoms with Gasteiger partial charge in [0.15, 0.2) is 17.5 Å². The number of nitrogens with zero attached hydrogens (tertiary/aromatic N) is 7. The lowest BCUT2D eigenvalue weighted by Gasteiger charge is -2.24. The second-order valence-corrected chi connectivity index (χ2v) is 17.8. The molecule has 0 aliphatic carbocycles. The van der Waals surface area contributed by atoms with Crippen molar-refractivity contribution in [2.75, 3.05) is 16.5 Å². The van der Waals surface area contributed by atoms with Crippen LogP contribution in [0.2, 0.25) is 0 Å². The third-order valence-electron chi connectivity index (χ3n) is 12.3. The quantitative estimate of drug-likeness (QED) is 0.151. The van der Waals surface area contributed by atoms with E-state index in [9.17, 15) is 0 Å². The van der Waals surface area contributed by atoms with Crippen LogP contribution in [-0.2, 0) is 5.41 Å². The normalized spacial score (nSPS) is 12.6. The number of aromatic nitrogens is 5. The second-order valence-electron chi connectivity index (χ2n) is 17.8. The molecular weight excluding hydrogens is 799 g/mol. The van der Waals surface area contributed by atoms with E-state index >= 15 is 0 Å². The minimum absolute atomic E-state index is 0.0730. The van der Waals surface area contributed by atoms with Gasteiger partial charge in [-0.15, -0.1) is 0 Å². The van der Waals surface area contributed by atoms with Crippen LogP contribution in [-0.4, -0.2) is 31.2 Å². The molecular formula is C57H47N7O. The SMILES string of the molecule is Cc1ccc(-c2nc(-c3ccc(C)cc3)nc(-c3cc4c5ccccc5n(-c5ccccn5)c4cc3Oc3cccc(N4CN(c5ccc(C(C)(C)C)cc5)c5ccccc54)c3)n2)cc1. The molecule has 4 heterocycles. The molecule has 3 aromatic heterocycles. The molecule has 0 N–H and O–H groups in total. The fourth-order valence-corrected chi connectivity index (χ4v) is 8.79. The molecule has 0 unspecified atom stereocenters. The van der Waals surface area contributed by atoms with Crippen molar-refractivity contribution in [1.82, 2.24) is 24.5 Å². The minimum Gasteiger partial charge on any atom is -0.456 e. The zero-order valence-corrected chi connectivity index (χ0v) is 37.1. The molecule has 0 atom stereocenters. The number of rotatable bonds is 8. The van der Waals surface area contributed by atoms with Gasteiger partial charge in [0.25, 0.3) is 0 Å². The van der Waals surface area contributed by atoms with E-state index in [1.807, 2.05) is 30.5 Å². The maximum atomic E-state index is 7.15. The van der Waals surface area contributed by atoms with E-state index in [0.717, 1.165) is 78.2 Å². The van der Waals surface area contributed by atoms with Crippen molar-refractivity contribution in [3.63, 3.8) is 0 Å². The number of benzene rings is 7. The smallest absolute Gasteiger partial charge is 0.167 e. The first-order valence-electron chi connectivity index (χ1n) is 22.1. The van der Waals surface area contributed by atoms with E-state index in [1.165, 1.54) is 5.56 Å². The van der Waals surface area contributed by atoms with Gasteiger partial charge in [0.05, 0.1) is 28.0 Å². The first kappa shape index (κ1) is 39.7. The van der Waals surface area contributed by atoms with Crippen molar-refractivity contribution in [2.45, 2.75) is 40.0 Å². The fraction of sp³-hybridized carbons (Fsp3) is 0.123. The van der Waals surface area contributed by atoms with Gasteiger partial charge >= 0.3 is 0 Å². The number of para-hydroxylation sites is 3. The summed E-state index contributed by atoms with van der Waals surface area (Å²) in [6, 6.07) is 61.2. The molecule has 7 aromatic carbocycles. The summed E-state index contributed by atoms with van der Waals surface area (Å²) >= 11 is 0. The van der Waals surface area contributed by atoms with E-state index in [-0.39, 0.29) is 5.41 Å². The number of hydrogen-bond donors (Lipinski definition) is 0. The Morgan fingerprint density at radius 1 is 0.508 bits per heavy atom. The molecule has 65 heavy (non-hydrogen) atoms. The van der Waals surface area contributed by atoms with Crippen LogP contribution in [0.1, 0.15) is 37.5 Å². The van der Waals surface area contributed by atoms with Gasteiger partial charge in [-0.1, -0.05) is 135 Å². The topological polar surface area (TPSA) is 72.2 Å². The Bertz CT molecular complexity index is 3310. The maximum Gasteiger partial charge on any atom is 0.167 e.